The Bertz CT molecular complexity index is 561. The van der Waals surface area contributed by atoms with Crippen LogP contribution < -0.4 is 4.74 Å². The molecule has 0 radical (unpaired) electrons. The van der Waals surface area contributed by atoms with Crippen LogP contribution in [-0.4, -0.2) is 0 Å². The number of aryl methyl sites for hydroxylation is 2. The van der Waals surface area contributed by atoms with Gasteiger partial charge in [-0.2, -0.15) is 0 Å². The van der Waals surface area contributed by atoms with Crippen LogP contribution in [0.25, 0.3) is 0 Å². The summed E-state index contributed by atoms with van der Waals surface area (Å²) in [5.41, 5.74) is 4.68. The average molecular weight is 340 g/mol. The smallest absolute Gasteiger partial charge is 0.125 e. The molecule has 0 aliphatic rings. The average Bonchev–Trinajstić information content (AvgIpc) is 2.35. The molecule has 2 aromatic carbocycles. The molecule has 0 aliphatic heterocycles. The van der Waals surface area contributed by atoms with Gasteiger partial charge in [-0.3, -0.25) is 0 Å². The standard InChI is InChI=1S/C16H16BrClO/c1-11-6-12(2)8-13(7-11)10-19-16-5-3-4-15(18)14(16)9-17/h3-8H,9-10H2,1-2H3. The minimum absolute atomic E-state index is 0.558. The molecule has 0 atom stereocenters. The number of benzene rings is 2. The number of ether oxygens (including phenoxy) is 1. The van der Waals surface area contributed by atoms with Crippen LogP contribution in [0.3, 0.4) is 0 Å². The number of alkyl halides is 1. The highest BCUT2D eigenvalue weighted by molar-refractivity contribution is 9.08. The highest BCUT2D eigenvalue weighted by Gasteiger charge is 2.07. The summed E-state index contributed by atoms with van der Waals surface area (Å²) in [6.45, 7) is 4.75. The second kappa shape index (κ2) is 6.44. The van der Waals surface area contributed by atoms with Gasteiger partial charge in [0.25, 0.3) is 0 Å². The van der Waals surface area contributed by atoms with Gasteiger partial charge in [0.2, 0.25) is 0 Å². The van der Waals surface area contributed by atoms with Crippen molar-refractivity contribution in [2.24, 2.45) is 0 Å². The van der Waals surface area contributed by atoms with Gasteiger partial charge in [-0.15, -0.1) is 0 Å². The van der Waals surface area contributed by atoms with E-state index >= 15 is 0 Å². The van der Waals surface area contributed by atoms with E-state index in [0.29, 0.717) is 11.9 Å². The summed E-state index contributed by atoms with van der Waals surface area (Å²) < 4.78 is 5.89. The zero-order valence-corrected chi connectivity index (χ0v) is 13.4. The van der Waals surface area contributed by atoms with Gasteiger partial charge < -0.3 is 4.74 Å². The van der Waals surface area contributed by atoms with Gasteiger partial charge in [0.1, 0.15) is 12.4 Å². The summed E-state index contributed by atoms with van der Waals surface area (Å²) in [4.78, 5) is 0. The number of rotatable bonds is 4. The molecule has 19 heavy (non-hydrogen) atoms. The van der Waals surface area contributed by atoms with E-state index in [0.717, 1.165) is 16.3 Å². The summed E-state index contributed by atoms with van der Waals surface area (Å²) >= 11 is 9.60. The van der Waals surface area contributed by atoms with Crippen LogP contribution in [0.4, 0.5) is 0 Å². The second-order valence-corrected chi connectivity index (χ2v) is 5.60. The van der Waals surface area contributed by atoms with Crippen LogP contribution in [0, 0.1) is 13.8 Å². The molecule has 0 amide bonds. The van der Waals surface area contributed by atoms with Crippen LogP contribution in [0.2, 0.25) is 5.02 Å². The molecule has 0 bridgehead atoms. The van der Waals surface area contributed by atoms with Gasteiger partial charge in [0, 0.05) is 15.9 Å². The minimum atomic E-state index is 0.558. The first-order valence-electron chi connectivity index (χ1n) is 6.13. The maximum Gasteiger partial charge on any atom is 0.125 e. The second-order valence-electron chi connectivity index (χ2n) is 4.63. The molecule has 0 heterocycles. The van der Waals surface area contributed by atoms with Crippen LogP contribution in [0.1, 0.15) is 22.3 Å². The Morgan fingerprint density at radius 2 is 1.79 bits per heavy atom. The fourth-order valence-electron chi connectivity index (χ4n) is 2.12. The van der Waals surface area contributed by atoms with Crippen LogP contribution in [-0.2, 0) is 11.9 Å². The van der Waals surface area contributed by atoms with Crippen molar-refractivity contribution in [1.29, 1.82) is 0 Å². The summed E-state index contributed by atoms with van der Waals surface area (Å²) in [7, 11) is 0. The van der Waals surface area contributed by atoms with E-state index in [9.17, 15) is 0 Å². The Hall–Kier alpha value is -0.990. The first-order valence-corrected chi connectivity index (χ1v) is 7.63. The van der Waals surface area contributed by atoms with E-state index in [1.165, 1.54) is 16.7 Å². The highest BCUT2D eigenvalue weighted by atomic mass is 79.9. The molecule has 0 aromatic heterocycles. The molecular formula is C16H16BrClO. The molecule has 2 rings (SSSR count). The lowest BCUT2D eigenvalue weighted by molar-refractivity contribution is 0.304. The Kier molecular flexibility index (Phi) is 4.89. The first kappa shape index (κ1) is 14.4. The topological polar surface area (TPSA) is 9.23 Å². The maximum atomic E-state index is 6.15. The largest absolute Gasteiger partial charge is 0.489 e. The first-order chi connectivity index (χ1) is 9.10. The molecule has 0 spiro atoms. The predicted molar refractivity (Wildman–Crippen MR) is 84.3 cm³/mol. The highest BCUT2D eigenvalue weighted by Crippen LogP contribution is 2.29. The van der Waals surface area contributed by atoms with Crippen molar-refractivity contribution >= 4 is 27.5 Å². The molecule has 0 saturated carbocycles. The number of hydrogen-bond donors (Lipinski definition) is 0. The molecule has 3 heteroatoms. The molecule has 1 nitrogen and oxygen atoms in total. The number of halogens is 2. The van der Waals surface area contributed by atoms with E-state index in [-0.39, 0.29) is 0 Å². The quantitative estimate of drug-likeness (QED) is 0.675. The molecular weight excluding hydrogens is 324 g/mol. The zero-order valence-electron chi connectivity index (χ0n) is 11.0. The van der Waals surface area contributed by atoms with E-state index < -0.39 is 0 Å². The molecule has 2 aromatic rings. The van der Waals surface area contributed by atoms with Crippen molar-refractivity contribution < 1.29 is 4.74 Å². The Morgan fingerprint density at radius 3 is 2.42 bits per heavy atom. The van der Waals surface area contributed by atoms with E-state index in [2.05, 4.69) is 48.0 Å². The third-order valence-electron chi connectivity index (χ3n) is 2.89. The third-order valence-corrected chi connectivity index (χ3v) is 3.80. The van der Waals surface area contributed by atoms with Crippen LogP contribution >= 0.6 is 27.5 Å². The Morgan fingerprint density at radius 1 is 1.11 bits per heavy atom. The van der Waals surface area contributed by atoms with Crippen molar-refractivity contribution in [2.75, 3.05) is 0 Å². The normalized spacial score (nSPS) is 10.5. The lowest BCUT2D eigenvalue weighted by Gasteiger charge is -2.12. The molecule has 0 aliphatic carbocycles. The van der Waals surface area contributed by atoms with E-state index in [4.69, 9.17) is 16.3 Å². The Labute approximate surface area is 127 Å². The molecule has 0 saturated heterocycles. The van der Waals surface area contributed by atoms with Crippen molar-refractivity contribution in [3.63, 3.8) is 0 Å². The third kappa shape index (κ3) is 3.74. The van der Waals surface area contributed by atoms with Gasteiger partial charge in [-0.25, -0.2) is 0 Å². The van der Waals surface area contributed by atoms with Gasteiger partial charge >= 0.3 is 0 Å². The SMILES string of the molecule is Cc1cc(C)cc(COc2cccc(Cl)c2CBr)c1. The van der Waals surface area contributed by atoms with E-state index in [1.807, 2.05) is 18.2 Å². The Balaban J connectivity index is 2.16. The minimum Gasteiger partial charge on any atom is -0.489 e. The molecule has 0 N–H and O–H groups in total. The van der Waals surface area contributed by atoms with Crippen LogP contribution in [0.5, 0.6) is 5.75 Å². The monoisotopic (exact) mass is 338 g/mol. The van der Waals surface area contributed by atoms with Crippen molar-refractivity contribution in [3.05, 3.63) is 63.7 Å². The van der Waals surface area contributed by atoms with Gasteiger partial charge in [0.05, 0.1) is 0 Å². The zero-order chi connectivity index (χ0) is 13.8. The maximum absolute atomic E-state index is 6.15. The fourth-order valence-corrected chi connectivity index (χ4v) is 3.09. The molecule has 0 fully saturated rings. The fraction of sp³-hybridized carbons (Fsp3) is 0.250. The van der Waals surface area contributed by atoms with Crippen molar-refractivity contribution in [3.8, 4) is 5.75 Å². The molecule has 0 unspecified atom stereocenters. The molecule has 100 valence electrons. The lowest BCUT2D eigenvalue weighted by atomic mass is 10.1. The van der Waals surface area contributed by atoms with Crippen molar-refractivity contribution in [2.45, 2.75) is 25.8 Å². The summed E-state index contributed by atoms with van der Waals surface area (Å²) in [5.74, 6) is 0.837. The summed E-state index contributed by atoms with van der Waals surface area (Å²) in [6.07, 6.45) is 0. The van der Waals surface area contributed by atoms with Gasteiger partial charge in [-0.1, -0.05) is 62.9 Å². The summed E-state index contributed by atoms with van der Waals surface area (Å²) in [5, 5.41) is 1.42. The lowest BCUT2D eigenvalue weighted by Crippen LogP contribution is -1.99. The predicted octanol–water partition coefficient (Wildman–Crippen LogP) is 5.43. The van der Waals surface area contributed by atoms with E-state index in [1.54, 1.807) is 0 Å². The number of hydrogen-bond acceptors (Lipinski definition) is 1. The van der Waals surface area contributed by atoms with Gasteiger partial charge in [0.15, 0.2) is 0 Å². The van der Waals surface area contributed by atoms with Crippen molar-refractivity contribution in [1.82, 2.24) is 0 Å². The van der Waals surface area contributed by atoms with Gasteiger partial charge in [-0.05, 0) is 31.5 Å². The summed E-state index contributed by atoms with van der Waals surface area (Å²) in [6, 6.07) is 12.2. The van der Waals surface area contributed by atoms with Crippen LogP contribution in [0.15, 0.2) is 36.4 Å².